The zero-order valence-electron chi connectivity index (χ0n) is 8.11. The van der Waals surface area contributed by atoms with Crippen molar-refractivity contribution in [2.75, 3.05) is 6.67 Å². The van der Waals surface area contributed by atoms with Gasteiger partial charge in [-0.05, 0) is 24.3 Å². The molecule has 1 aliphatic heterocycles. The number of hydrogen-bond donors (Lipinski definition) is 1. The number of carboxylic acids is 1. The standard InChI is InChI=1S/C11H8BrFO3/c12-7-1-2-9-6(3-7)4-8(11(14)15)10(5-13)16-9/h1-4,10H,5H2,(H,14,15). The van der Waals surface area contributed by atoms with E-state index < -0.39 is 18.7 Å². The van der Waals surface area contributed by atoms with Crippen molar-refractivity contribution in [3.63, 3.8) is 0 Å². The van der Waals surface area contributed by atoms with E-state index in [0.29, 0.717) is 11.3 Å². The smallest absolute Gasteiger partial charge is 0.335 e. The van der Waals surface area contributed by atoms with E-state index in [-0.39, 0.29) is 5.57 Å². The van der Waals surface area contributed by atoms with E-state index in [1.807, 2.05) is 0 Å². The van der Waals surface area contributed by atoms with Crippen molar-refractivity contribution in [3.05, 3.63) is 33.8 Å². The van der Waals surface area contributed by atoms with Crippen LogP contribution < -0.4 is 4.74 Å². The van der Waals surface area contributed by atoms with Gasteiger partial charge in [0, 0.05) is 10.0 Å². The number of carboxylic acid groups (broad SMARTS) is 1. The van der Waals surface area contributed by atoms with Crippen LogP contribution in [0.2, 0.25) is 0 Å². The van der Waals surface area contributed by atoms with Crippen molar-refractivity contribution in [3.8, 4) is 5.75 Å². The van der Waals surface area contributed by atoms with Crippen LogP contribution in [-0.4, -0.2) is 23.9 Å². The number of ether oxygens (including phenoxy) is 1. The summed E-state index contributed by atoms with van der Waals surface area (Å²) in [6, 6.07) is 5.16. The molecule has 0 saturated carbocycles. The first-order chi connectivity index (χ1) is 7.61. The Morgan fingerprint density at radius 3 is 2.94 bits per heavy atom. The number of aliphatic carboxylic acids is 1. The quantitative estimate of drug-likeness (QED) is 0.909. The van der Waals surface area contributed by atoms with Crippen LogP contribution in [0.4, 0.5) is 4.39 Å². The van der Waals surface area contributed by atoms with Gasteiger partial charge in [0.1, 0.15) is 12.4 Å². The number of alkyl halides is 1. The van der Waals surface area contributed by atoms with Gasteiger partial charge in [-0.1, -0.05) is 15.9 Å². The Bertz CT molecular complexity index is 470. The molecule has 16 heavy (non-hydrogen) atoms. The highest BCUT2D eigenvalue weighted by Crippen LogP contribution is 2.32. The topological polar surface area (TPSA) is 46.5 Å². The van der Waals surface area contributed by atoms with Crippen molar-refractivity contribution >= 4 is 28.0 Å². The van der Waals surface area contributed by atoms with Gasteiger partial charge in [0.15, 0.2) is 6.10 Å². The fraction of sp³-hybridized carbons (Fsp3) is 0.182. The van der Waals surface area contributed by atoms with Crippen LogP contribution in [0.25, 0.3) is 6.08 Å². The highest BCUT2D eigenvalue weighted by molar-refractivity contribution is 9.10. The number of hydrogen-bond acceptors (Lipinski definition) is 2. The Kier molecular flexibility index (Phi) is 2.96. The molecule has 0 aliphatic carbocycles. The Hall–Kier alpha value is -1.36. The maximum atomic E-state index is 12.6. The van der Waals surface area contributed by atoms with E-state index in [4.69, 9.17) is 9.84 Å². The fourth-order valence-electron chi connectivity index (χ4n) is 1.53. The van der Waals surface area contributed by atoms with E-state index in [0.717, 1.165) is 4.47 Å². The molecule has 5 heteroatoms. The van der Waals surface area contributed by atoms with E-state index >= 15 is 0 Å². The third-order valence-corrected chi connectivity index (χ3v) is 2.78. The average Bonchev–Trinajstić information content (AvgIpc) is 2.27. The summed E-state index contributed by atoms with van der Waals surface area (Å²) in [6.07, 6.45) is 0.419. The van der Waals surface area contributed by atoms with Gasteiger partial charge >= 0.3 is 5.97 Å². The molecule has 1 heterocycles. The first-order valence-corrected chi connectivity index (χ1v) is 5.38. The summed E-state index contributed by atoms with van der Waals surface area (Å²) in [4.78, 5) is 10.9. The molecular weight excluding hydrogens is 279 g/mol. The molecule has 0 bridgehead atoms. The van der Waals surface area contributed by atoms with Gasteiger partial charge in [0.05, 0.1) is 5.57 Å². The normalized spacial score (nSPS) is 18.4. The summed E-state index contributed by atoms with van der Waals surface area (Å²) in [5.74, 6) is -0.663. The largest absolute Gasteiger partial charge is 0.482 e. The van der Waals surface area contributed by atoms with Crippen LogP contribution in [0.1, 0.15) is 5.56 Å². The van der Waals surface area contributed by atoms with Gasteiger partial charge in [-0.2, -0.15) is 0 Å². The molecule has 1 aliphatic rings. The molecule has 0 spiro atoms. The molecule has 1 N–H and O–H groups in total. The number of rotatable bonds is 2. The van der Waals surface area contributed by atoms with Crippen molar-refractivity contribution in [2.45, 2.75) is 6.10 Å². The van der Waals surface area contributed by atoms with Gasteiger partial charge in [-0.3, -0.25) is 0 Å². The lowest BCUT2D eigenvalue weighted by Gasteiger charge is -2.23. The summed E-state index contributed by atoms with van der Waals surface area (Å²) in [6.45, 7) is -0.854. The van der Waals surface area contributed by atoms with Crippen LogP contribution in [0.5, 0.6) is 5.75 Å². The zero-order valence-corrected chi connectivity index (χ0v) is 9.70. The van der Waals surface area contributed by atoms with Gasteiger partial charge in [0.25, 0.3) is 0 Å². The SMILES string of the molecule is O=C(O)C1=Cc2cc(Br)ccc2OC1CF. The number of halogens is 2. The summed E-state index contributed by atoms with van der Waals surface area (Å²) >= 11 is 3.27. The lowest BCUT2D eigenvalue weighted by atomic mass is 10.0. The molecule has 1 atom stereocenters. The summed E-state index contributed by atoms with van der Waals surface area (Å²) in [5, 5.41) is 8.91. The predicted molar refractivity (Wildman–Crippen MR) is 60.1 cm³/mol. The number of fused-ring (bicyclic) bond motifs is 1. The average molecular weight is 287 g/mol. The molecule has 0 saturated heterocycles. The van der Waals surface area contributed by atoms with Crippen molar-refractivity contribution in [2.24, 2.45) is 0 Å². The second kappa shape index (κ2) is 4.25. The van der Waals surface area contributed by atoms with Crippen molar-refractivity contribution < 1.29 is 19.0 Å². The molecule has 1 aromatic rings. The molecule has 84 valence electrons. The van der Waals surface area contributed by atoms with Crippen molar-refractivity contribution in [1.82, 2.24) is 0 Å². The Morgan fingerprint density at radius 2 is 2.31 bits per heavy atom. The van der Waals surface area contributed by atoms with Crippen LogP contribution in [0.15, 0.2) is 28.2 Å². The molecule has 3 nitrogen and oxygen atoms in total. The lowest BCUT2D eigenvalue weighted by Crippen LogP contribution is -2.29. The summed E-state index contributed by atoms with van der Waals surface area (Å²) in [7, 11) is 0. The third-order valence-electron chi connectivity index (χ3n) is 2.29. The maximum Gasteiger partial charge on any atom is 0.335 e. The monoisotopic (exact) mass is 286 g/mol. The lowest BCUT2D eigenvalue weighted by molar-refractivity contribution is -0.133. The zero-order chi connectivity index (χ0) is 11.7. The molecule has 1 aromatic carbocycles. The van der Waals surface area contributed by atoms with Crippen LogP contribution in [-0.2, 0) is 4.79 Å². The Balaban J connectivity index is 2.49. The summed E-state index contributed by atoms with van der Waals surface area (Å²) in [5.41, 5.74) is 0.574. The van der Waals surface area contributed by atoms with Crippen LogP contribution in [0.3, 0.4) is 0 Å². The van der Waals surface area contributed by atoms with E-state index in [1.54, 1.807) is 18.2 Å². The summed E-state index contributed by atoms with van der Waals surface area (Å²) < 4.78 is 18.7. The van der Waals surface area contributed by atoms with Crippen LogP contribution in [0, 0.1) is 0 Å². The molecule has 0 fully saturated rings. The predicted octanol–water partition coefficient (Wildman–Crippen LogP) is 2.65. The second-order valence-corrected chi connectivity index (χ2v) is 4.26. The Morgan fingerprint density at radius 1 is 1.56 bits per heavy atom. The van der Waals surface area contributed by atoms with Gasteiger partial charge in [-0.15, -0.1) is 0 Å². The fourth-order valence-corrected chi connectivity index (χ4v) is 1.91. The highest BCUT2D eigenvalue weighted by Gasteiger charge is 2.27. The van der Waals surface area contributed by atoms with Gasteiger partial charge in [-0.25, -0.2) is 9.18 Å². The maximum absolute atomic E-state index is 12.6. The Labute approximate surface area is 99.7 Å². The minimum absolute atomic E-state index is 0.0619. The molecule has 0 radical (unpaired) electrons. The number of benzene rings is 1. The van der Waals surface area contributed by atoms with Crippen LogP contribution >= 0.6 is 15.9 Å². The first-order valence-electron chi connectivity index (χ1n) is 4.59. The molecule has 0 aromatic heterocycles. The molecule has 1 unspecified atom stereocenters. The number of carbonyl (C=O) groups is 1. The minimum Gasteiger partial charge on any atom is -0.482 e. The van der Waals surface area contributed by atoms with E-state index in [9.17, 15) is 9.18 Å². The second-order valence-electron chi connectivity index (χ2n) is 3.35. The van der Waals surface area contributed by atoms with Crippen molar-refractivity contribution in [1.29, 1.82) is 0 Å². The highest BCUT2D eigenvalue weighted by atomic mass is 79.9. The first kappa shape index (κ1) is 11.1. The van der Waals surface area contributed by atoms with E-state index in [2.05, 4.69) is 15.9 Å². The minimum atomic E-state index is -1.16. The van der Waals surface area contributed by atoms with Gasteiger partial charge in [0.2, 0.25) is 0 Å². The van der Waals surface area contributed by atoms with E-state index in [1.165, 1.54) is 6.08 Å². The molecule has 2 rings (SSSR count). The van der Waals surface area contributed by atoms with Gasteiger partial charge < -0.3 is 9.84 Å². The molecule has 0 amide bonds. The molecular formula is C11H8BrFO3. The third kappa shape index (κ3) is 1.95.